The standard InChI is InChI=1S/C16H23N3O3/c1-11(14-9-8-13(22-2)10-15(14)20)18-19-16(21)17-12-6-4-3-5-7-12/h8-10,12,20H,3-7H2,1-2H3,(H2,17,19,21)/b18-11+. The van der Waals surface area contributed by atoms with Gasteiger partial charge in [0.05, 0.1) is 12.8 Å². The van der Waals surface area contributed by atoms with Gasteiger partial charge in [-0.2, -0.15) is 5.10 Å². The molecule has 22 heavy (non-hydrogen) atoms. The first kappa shape index (κ1) is 16.1. The van der Waals surface area contributed by atoms with Crippen LogP contribution in [0.1, 0.15) is 44.6 Å². The maximum Gasteiger partial charge on any atom is 0.335 e. The van der Waals surface area contributed by atoms with E-state index in [-0.39, 0.29) is 17.8 Å². The van der Waals surface area contributed by atoms with Crippen molar-refractivity contribution in [2.75, 3.05) is 7.11 Å². The molecule has 1 aliphatic carbocycles. The van der Waals surface area contributed by atoms with E-state index in [9.17, 15) is 9.90 Å². The molecule has 0 saturated heterocycles. The highest BCUT2D eigenvalue weighted by molar-refractivity contribution is 6.01. The van der Waals surface area contributed by atoms with Gasteiger partial charge in [0, 0.05) is 17.7 Å². The number of phenolic OH excluding ortho intramolecular Hbond substituents is 1. The Morgan fingerprint density at radius 2 is 2.05 bits per heavy atom. The zero-order valence-corrected chi connectivity index (χ0v) is 13.1. The summed E-state index contributed by atoms with van der Waals surface area (Å²) in [6.07, 6.45) is 5.61. The molecular formula is C16H23N3O3. The van der Waals surface area contributed by atoms with E-state index in [0.717, 1.165) is 25.7 Å². The summed E-state index contributed by atoms with van der Waals surface area (Å²) < 4.78 is 5.03. The van der Waals surface area contributed by atoms with Crippen LogP contribution in [0.4, 0.5) is 4.79 Å². The number of nitrogens with one attached hydrogen (secondary N) is 2. The number of ether oxygens (including phenoxy) is 1. The summed E-state index contributed by atoms with van der Waals surface area (Å²) in [7, 11) is 1.53. The van der Waals surface area contributed by atoms with Crippen molar-refractivity contribution >= 4 is 11.7 Å². The first-order chi connectivity index (χ1) is 10.6. The van der Waals surface area contributed by atoms with Crippen LogP contribution in [-0.4, -0.2) is 30.0 Å². The van der Waals surface area contributed by atoms with Crippen LogP contribution in [0.3, 0.4) is 0 Å². The molecule has 0 atom stereocenters. The number of urea groups is 1. The average molecular weight is 305 g/mol. The lowest BCUT2D eigenvalue weighted by atomic mass is 9.96. The molecule has 0 spiro atoms. The Morgan fingerprint density at radius 3 is 2.68 bits per heavy atom. The zero-order chi connectivity index (χ0) is 15.9. The number of aromatic hydroxyl groups is 1. The van der Waals surface area contributed by atoms with E-state index in [1.54, 1.807) is 19.1 Å². The van der Waals surface area contributed by atoms with E-state index in [1.165, 1.54) is 19.6 Å². The molecule has 1 aromatic rings. The van der Waals surface area contributed by atoms with E-state index in [2.05, 4.69) is 15.8 Å². The molecule has 2 amide bonds. The number of hydrazone groups is 1. The van der Waals surface area contributed by atoms with Crippen molar-refractivity contribution in [1.82, 2.24) is 10.7 Å². The Bertz CT molecular complexity index is 552. The Balaban J connectivity index is 1.92. The van der Waals surface area contributed by atoms with E-state index < -0.39 is 0 Å². The van der Waals surface area contributed by atoms with Gasteiger partial charge >= 0.3 is 6.03 Å². The van der Waals surface area contributed by atoms with Crippen molar-refractivity contribution in [2.45, 2.75) is 45.1 Å². The summed E-state index contributed by atoms with van der Waals surface area (Å²) in [5.74, 6) is 0.632. The number of hydrogen-bond acceptors (Lipinski definition) is 4. The molecule has 1 fully saturated rings. The Kier molecular flexibility index (Phi) is 5.63. The summed E-state index contributed by atoms with van der Waals surface area (Å²) in [5, 5.41) is 16.9. The Labute approximate surface area is 130 Å². The lowest BCUT2D eigenvalue weighted by Gasteiger charge is -2.22. The molecule has 0 bridgehead atoms. The van der Waals surface area contributed by atoms with E-state index >= 15 is 0 Å². The van der Waals surface area contributed by atoms with Gasteiger partial charge in [-0.05, 0) is 31.9 Å². The largest absolute Gasteiger partial charge is 0.507 e. The summed E-state index contributed by atoms with van der Waals surface area (Å²) in [6.45, 7) is 1.72. The number of phenols is 1. The van der Waals surface area contributed by atoms with Gasteiger partial charge in [0.25, 0.3) is 0 Å². The van der Waals surface area contributed by atoms with Crippen molar-refractivity contribution in [1.29, 1.82) is 0 Å². The summed E-state index contributed by atoms with van der Waals surface area (Å²) in [4.78, 5) is 11.8. The number of carbonyl (C=O) groups excluding carboxylic acids is 1. The minimum absolute atomic E-state index is 0.0649. The third-order valence-corrected chi connectivity index (χ3v) is 3.86. The second-order valence-electron chi connectivity index (χ2n) is 5.50. The molecule has 6 nitrogen and oxygen atoms in total. The molecule has 2 rings (SSSR count). The quantitative estimate of drug-likeness (QED) is 0.591. The maximum absolute atomic E-state index is 11.8. The number of amides is 2. The molecular weight excluding hydrogens is 282 g/mol. The third kappa shape index (κ3) is 4.38. The lowest BCUT2D eigenvalue weighted by molar-refractivity contribution is 0.233. The fraction of sp³-hybridized carbons (Fsp3) is 0.500. The number of methoxy groups -OCH3 is 1. The second-order valence-corrected chi connectivity index (χ2v) is 5.50. The summed E-state index contributed by atoms with van der Waals surface area (Å²) in [6, 6.07) is 4.87. The fourth-order valence-electron chi connectivity index (χ4n) is 2.60. The molecule has 120 valence electrons. The zero-order valence-electron chi connectivity index (χ0n) is 13.1. The van der Waals surface area contributed by atoms with E-state index in [1.807, 2.05) is 0 Å². The van der Waals surface area contributed by atoms with Crippen LogP contribution < -0.4 is 15.5 Å². The molecule has 0 unspecified atom stereocenters. The topological polar surface area (TPSA) is 83.0 Å². The lowest BCUT2D eigenvalue weighted by Crippen LogP contribution is -2.41. The van der Waals surface area contributed by atoms with Gasteiger partial charge < -0.3 is 15.2 Å². The molecule has 3 N–H and O–H groups in total. The molecule has 0 aliphatic heterocycles. The Morgan fingerprint density at radius 1 is 1.32 bits per heavy atom. The minimum atomic E-state index is -0.306. The number of benzene rings is 1. The third-order valence-electron chi connectivity index (χ3n) is 3.86. The SMILES string of the molecule is COc1ccc(/C(C)=N/NC(=O)NC2CCCCC2)c(O)c1. The van der Waals surface area contributed by atoms with Crippen molar-refractivity contribution in [3.8, 4) is 11.5 Å². The normalized spacial score (nSPS) is 16.2. The van der Waals surface area contributed by atoms with Crippen LogP contribution in [0.2, 0.25) is 0 Å². The predicted octanol–water partition coefficient (Wildman–Crippen LogP) is 2.76. The maximum atomic E-state index is 11.8. The predicted molar refractivity (Wildman–Crippen MR) is 85.4 cm³/mol. The Hall–Kier alpha value is -2.24. The number of nitrogens with zero attached hydrogens (tertiary/aromatic N) is 1. The highest BCUT2D eigenvalue weighted by atomic mass is 16.5. The van der Waals surface area contributed by atoms with Crippen molar-refractivity contribution in [3.63, 3.8) is 0 Å². The number of hydrogen-bond donors (Lipinski definition) is 3. The number of rotatable bonds is 4. The van der Waals surface area contributed by atoms with E-state index in [4.69, 9.17) is 4.74 Å². The van der Waals surface area contributed by atoms with Gasteiger partial charge in [-0.1, -0.05) is 19.3 Å². The van der Waals surface area contributed by atoms with Crippen LogP contribution in [0.15, 0.2) is 23.3 Å². The van der Waals surface area contributed by atoms with Gasteiger partial charge in [-0.15, -0.1) is 0 Å². The molecule has 0 aromatic heterocycles. The van der Waals surface area contributed by atoms with Crippen molar-refractivity contribution in [3.05, 3.63) is 23.8 Å². The first-order valence-corrected chi connectivity index (χ1v) is 7.58. The number of carbonyl (C=O) groups is 1. The fourth-order valence-corrected chi connectivity index (χ4v) is 2.60. The summed E-state index contributed by atoms with van der Waals surface area (Å²) >= 11 is 0. The van der Waals surface area contributed by atoms with Gasteiger partial charge in [-0.25, -0.2) is 10.2 Å². The van der Waals surface area contributed by atoms with E-state index in [0.29, 0.717) is 17.0 Å². The van der Waals surface area contributed by atoms with Crippen LogP contribution in [-0.2, 0) is 0 Å². The minimum Gasteiger partial charge on any atom is -0.507 e. The van der Waals surface area contributed by atoms with Gasteiger partial charge in [0.2, 0.25) is 0 Å². The van der Waals surface area contributed by atoms with Gasteiger partial charge in [-0.3, -0.25) is 0 Å². The van der Waals surface area contributed by atoms with Gasteiger partial charge in [0.15, 0.2) is 0 Å². The molecule has 1 aliphatic rings. The van der Waals surface area contributed by atoms with Crippen molar-refractivity contribution < 1.29 is 14.6 Å². The first-order valence-electron chi connectivity index (χ1n) is 7.58. The average Bonchev–Trinajstić information content (AvgIpc) is 2.53. The second kappa shape index (κ2) is 7.68. The molecule has 6 heteroatoms. The monoisotopic (exact) mass is 305 g/mol. The highest BCUT2D eigenvalue weighted by Gasteiger charge is 2.15. The van der Waals surface area contributed by atoms with Crippen LogP contribution in [0, 0.1) is 0 Å². The van der Waals surface area contributed by atoms with Crippen LogP contribution in [0.25, 0.3) is 0 Å². The van der Waals surface area contributed by atoms with Crippen LogP contribution >= 0.6 is 0 Å². The van der Waals surface area contributed by atoms with Gasteiger partial charge in [0.1, 0.15) is 11.5 Å². The van der Waals surface area contributed by atoms with Crippen LogP contribution in [0.5, 0.6) is 11.5 Å². The summed E-state index contributed by atoms with van der Waals surface area (Å²) in [5.41, 5.74) is 3.56. The highest BCUT2D eigenvalue weighted by Crippen LogP contribution is 2.23. The molecule has 0 heterocycles. The molecule has 1 aromatic carbocycles. The smallest absolute Gasteiger partial charge is 0.335 e. The van der Waals surface area contributed by atoms with Crippen molar-refractivity contribution in [2.24, 2.45) is 5.10 Å². The molecule has 0 radical (unpaired) electrons. The molecule has 1 saturated carbocycles.